The van der Waals surface area contributed by atoms with Crippen LogP contribution in [0.1, 0.15) is 58.8 Å². The Kier molecular flexibility index (Phi) is 5.96. The fourth-order valence-electron chi connectivity index (χ4n) is 2.80. The van der Waals surface area contributed by atoms with Gasteiger partial charge in [0.15, 0.2) is 0 Å². The highest BCUT2D eigenvalue weighted by Gasteiger charge is 2.25. The van der Waals surface area contributed by atoms with E-state index in [0.717, 1.165) is 31.6 Å². The smallest absolute Gasteiger partial charge is 0.224 e. The maximum absolute atomic E-state index is 12.1. The van der Waals surface area contributed by atoms with Crippen molar-refractivity contribution in [2.75, 3.05) is 7.05 Å². The van der Waals surface area contributed by atoms with E-state index in [1.807, 2.05) is 11.9 Å². The van der Waals surface area contributed by atoms with Gasteiger partial charge in [0.2, 0.25) is 5.91 Å². The van der Waals surface area contributed by atoms with Crippen molar-refractivity contribution < 1.29 is 4.79 Å². The monoisotopic (exact) mass is 240 g/mol. The molecule has 0 radical (unpaired) electrons. The summed E-state index contributed by atoms with van der Waals surface area (Å²) >= 11 is 0. The first-order chi connectivity index (χ1) is 8.04. The van der Waals surface area contributed by atoms with Gasteiger partial charge in [0.05, 0.1) is 0 Å². The molecule has 3 atom stereocenters. The lowest BCUT2D eigenvalue weighted by molar-refractivity contribution is -0.133. The molecule has 0 aromatic rings. The van der Waals surface area contributed by atoms with E-state index in [0.29, 0.717) is 12.5 Å². The van der Waals surface area contributed by atoms with Crippen LogP contribution in [0.5, 0.6) is 0 Å². The third-order valence-corrected chi connectivity index (χ3v) is 3.95. The first-order valence-electron chi connectivity index (χ1n) is 7.05. The van der Waals surface area contributed by atoms with Crippen molar-refractivity contribution in [1.29, 1.82) is 0 Å². The van der Waals surface area contributed by atoms with Gasteiger partial charge in [-0.3, -0.25) is 4.79 Å². The maximum atomic E-state index is 12.1. The average molecular weight is 240 g/mol. The Balaban J connectivity index is 2.39. The highest BCUT2D eigenvalue weighted by atomic mass is 16.2. The van der Waals surface area contributed by atoms with Gasteiger partial charge in [-0.25, -0.2) is 0 Å². The Hall–Kier alpha value is -0.570. The lowest BCUT2D eigenvalue weighted by atomic mass is 9.86. The van der Waals surface area contributed by atoms with Crippen molar-refractivity contribution in [2.24, 2.45) is 11.7 Å². The van der Waals surface area contributed by atoms with E-state index >= 15 is 0 Å². The van der Waals surface area contributed by atoms with Crippen LogP contribution >= 0.6 is 0 Å². The molecule has 1 fully saturated rings. The predicted molar refractivity (Wildman–Crippen MR) is 71.7 cm³/mol. The summed E-state index contributed by atoms with van der Waals surface area (Å²) in [4.78, 5) is 14.0. The van der Waals surface area contributed by atoms with Crippen LogP contribution in [0.15, 0.2) is 0 Å². The summed E-state index contributed by atoms with van der Waals surface area (Å²) in [6.07, 6.45) is 7.40. The third kappa shape index (κ3) is 4.66. The molecule has 0 aliphatic heterocycles. The van der Waals surface area contributed by atoms with E-state index in [4.69, 9.17) is 5.73 Å². The molecule has 1 saturated carbocycles. The normalized spacial score (nSPS) is 26.6. The lowest BCUT2D eigenvalue weighted by Crippen LogP contribution is -2.42. The van der Waals surface area contributed by atoms with Crippen LogP contribution in [0.4, 0.5) is 0 Å². The highest BCUT2D eigenvalue weighted by Crippen LogP contribution is 2.27. The second-order valence-electron chi connectivity index (χ2n) is 5.68. The first kappa shape index (κ1) is 14.5. The van der Waals surface area contributed by atoms with Crippen molar-refractivity contribution >= 4 is 5.91 Å². The molecular weight excluding hydrogens is 212 g/mol. The van der Waals surface area contributed by atoms with Gasteiger partial charge in [0.25, 0.3) is 0 Å². The molecule has 1 amide bonds. The number of hydrogen-bond acceptors (Lipinski definition) is 2. The standard InChI is InChI=1S/C14H28N2O/c1-4-6-12(15)10-14(17)16(3)13-8-5-7-11(2)9-13/h11-13H,4-10,15H2,1-3H3. The summed E-state index contributed by atoms with van der Waals surface area (Å²) in [5, 5.41) is 0. The van der Waals surface area contributed by atoms with E-state index in [2.05, 4.69) is 13.8 Å². The average Bonchev–Trinajstić information content (AvgIpc) is 2.28. The van der Waals surface area contributed by atoms with Crippen molar-refractivity contribution in [3.63, 3.8) is 0 Å². The molecule has 3 heteroatoms. The number of nitrogens with zero attached hydrogens (tertiary/aromatic N) is 1. The molecule has 17 heavy (non-hydrogen) atoms. The Bertz CT molecular complexity index is 242. The zero-order chi connectivity index (χ0) is 12.8. The summed E-state index contributed by atoms with van der Waals surface area (Å²) in [5.41, 5.74) is 5.93. The minimum atomic E-state index is 0.0379. The second kappa shape index (κ2) is 7.00. The van der Waals surface area contributed by atoms with Crippen LogP contribution in [0.2, 0.25) is 0 Å². The van der Waals surface area contributed by atoms with Crippen LogP contribution in [0, 0.1) is 5.92 Å². The number of carbonyl (C=O) groups is 1. The van der Waals surface area contributed by atoms with Crippen molar-refractivity contribution in [2.45, 2.75) is 70.9 Å². The second-order valence-corrected chi connectivity index (χ2v) is 5.68. The van der Waals surface area contributed by atoms with E-state index in [1.54, 1.807) is 0 Å². The molecule has 0 spiro atoms. The zero-order valence-corrected chi connectivity index (χ0v) is 11.6. The highest BCUT2D eigenvalue weighted by molar-refractivity contribution is 5.76. The topological polar surface area (TPSA) is 46.3 Å². The molecule has 1 aliphatic rings. The van der Waals surface area contributed by atoms with Gasteiger partial charge in [-0.1, -0.05) is 33.1 Å². The lowest BCUT2D eigenvalue weighted by Gasteiger charge is -2.34. The molecule has 0 bridgehead atoms. The van der Waals surface area contributed by atoms with E-state index in [-0.39, 0.29) is 11.9 Å². The molecule has 2 N–H and O–H groups in total. The zero-order valence-electron chi connectivity index (χ0n) is 11.6. The van der Waals surface area contributed by atoms with Crippen LogP contribution in [0.25, 0.3) is 0 Å². The predicted octanol–water partition coefficient (Wildman–Crippen LogP) is 2.54. The molecule has 0 heterocycles. The fourth-order valence-corrected chi connectivity index (χ4v) is 2.80. The van der Waals surface area contributed by atoms with Gasteiger partial charge in [-0.05, 0) is 25.2 Å². The van der Waals surface area contributed by atoms with Gasteiger partial charge in [-0.15, -0.1) is 0 Å². The fraction of sp³-hybridized carbons (Fsp3) is 0.929. The van der Waals surface area contributed by atoms with Gasteiger partial charge >= 0.3 is 0 Å². The minimum absolute atomic E-state index is 0.0379. The number of amides is 1. The number of carbonyl (C=O) groups excluding carboxylic acids is 1. The summed E-state index contributed by atoms with van der Waals surface area (Å²) in [7, 11) is 1.95. The Morgan fingerprint density at radius 1 is 1.47 bits per heavy atom. The molecule has 1 aliphatic carbocycles. The SMILES string of the molecule is CCCC(N)CC(=O)N(C)C1CCCC(C)C1. The Morgan fingerprint density at radius 2 is 2.18 bits per heavy atom. The molecule has 100 valence electrons. The number of nitrogens with two attached hydrogens (primary N) is 1. The maximum Gasteiger partial charge on any atom is 0.224 e. The quantitative estimate of drug-likeness (QED) is 0.802. The molecule has 3 nitrogen and oxygen atoms in total. The van der Waals surface area contributed by atoms with Gasteiger partial charge in [-0.2, -0.15) is 0 Å². The molecular formula is C14H28N2O. The number of hydrogen-bond donors (Lipinski definition) is 1. The third-order valence-electron chi connectivity index (χ3n) is 3.95. The Labute approximate surface area is 106 Å². The minimum Gasteiger partial charge on any atom is -0.343 e. The largest absolute Gasteiger partial charge is 0.343 e. The van der Waals surface area contributed by atoms with E-state index in [9.17, 15) is 4.79 Å². The van der Waals surface area contributed by atoms with Crippen molar-refractivity contribution in [1.82, 2.24) is 4.90 Å². The van der Waals surface area contributed by atoms with Crippen molar-refractivity contribution in [3.8, 4) is 0 Å². The van der Waals surface area contributed by atoms with Crippen LogP contribution in [-0.4, -0.2) is 29.9 Å². The molecule has 1 rings (SSSR count). The summed E-state index contributed by atoms with van der Waals surface area (Å²) in [6.45, 7) is 4.39. The van der Waals surface area contributed by atoms with Crippen LogP contribution in [-0.2, 0) is 4.79 Å². The summed E-state index contributed by atoms with van der Waals surface area (Å²) in [5.74, 6) is 0.985. The van der Waals surface area contributed by atoms with Crippen LogP contribution in [0.3, 0.4) is 0 Å². The molecule has 0 saturated heterocycles. The summed E-state index contributed by atoms with van der Waals surface area (Å²) in [6, 6.07) is 0.482. The van der Waals surface area contributed by atoms with Gasteiger partial charge in [0.1, 0.15) is 0 Å². The van der Waals surface area contributed by atoms with E-state index < -0.39 is 0 Å². The first-order valence-corrected chi connectivity index (χ1v) is 7.05. The molecule has 0 aromatic carbocycles. The van der Waals surface area contributed by atoms with Crippen LogP contribution < -0.4 is 5.73 Å². The Morgan fingerprint density at radius 3 is 2.76 bits per heavy atom. The number of rotatable bonds is 5. The summed E-state index contributed by atoms with van der Waals surface area (Å²) < 4.78 is 0. The van der Waals surface area contributed by atoms with Crippen molar-refractivity contribution in [3.05, 3.63) is 0 Å². The van der Waals surface area contributed by atoms with Gasteiger partial charge < -0.3 is 10.6 Å². The van der Waals surface area contributed by atoms with E-state index in [1.165, 1.54) is 12.8 Å². The van der Waals surface area contributed by atoms with Gasteiger partial charge in [0, 0.05) is 25.6 Å². The molecule has 0 aromatic heterocycles. The molecule has 3 unspecified atom stereocenters.